The molecule has 21 heavy (non-hydrogen) atoms. The number of anilines is 1. The zero-order valence-electron chi connectivity index (χ0n) is 12.8. The van der Waals surface area contributed by atoms with E-state index in [-0.39, 0.29) is 5.91 Å². The summed E-state index contributed by atoms with van der Waals surface area (Å²) in [7, 11) is 0. The van der Waals surface area contributed by atoms with Crippen molar-refractivity contribution in [3.05, 3.63) is 59.2 Å². The molecule has 0 saturated heterocycles. The van der Waals surface area contributed by atoms with Gasteiger partial charge in [-0.1, -0.05) is 24.3 Å². The average Bonchev–Trinajstić information content (AvgIpc) is 2.45. The summed E-state index contributed by atoms with van der Waals surface area (Å²) < 4.78 is 5.39. The molecule has 0 saturated carbocycles. The van der Waals surface area contributed by atoms with Gasteiger partial charge in [0.25, 0.3) is 0 Å². The van der Waals surface area contributed by atoms with Crippen molar-refractivity contribution in [1.82, 2.24) is 0 Å². The van der Waals surface area contributed by atoms with Gasteiger partial charge in [0.2, 0.25) is 5.91 Å². The van der Waals surface area contributed by atoms with Crippen LogP contribution in [0.1, 0.15) is 23.6 Å². The van der Waals surface area contributed by atoms with E-state index in [2.05, 4.69) is 5.32 Å². The van der Waals surface area contributed by atoms with Crippen LogP contribution in [-0.2, 0) is 11.2 Å². The Bertz CT molecular complexity index is 618. The van der Waals surface area contributed by atoms with Gasteiger partial charge in [-0.2, -0.15) is 0 Å². The van der Waals surface area contributed by atoms with Crippen molar-refractivity contribution in [3.8, 4) is 5.75 Å². The Labute approximate surface area is 126 Å². The summed E-state index contributed by atoms with van der Waals surface area (Å²) in [6.45, 7) is 6.60. The van der Waals surface area contributed by atoms with E-state index >= 15 is 0 Å². The molecule has 2 rings (SSSR count). The van der Waals surface area contributed by atoms with Crippen LogP contribution in [0.15, 0.2) is 42.5 Å². The number of amides is 1. The fourth-order valence-electron chi connectivity index (χ4n) is 2.12. The minimum Gasteiger partial charge on any atom is -0.494 e. The number of ether oxygens (including phenoxy) is 1. The molecular formula is C18H21NO2. The number of carbonyl (C=O) groups excluding carboxylic acids is 1. The lowest BCUT2D eigenvalue weighted by atomic mass is 10.1. The maximum Gasteiger partial charge on any atom is 0.228 e. The minimum absolute atomic E-state index is 0.00661. The van der Waals surface area contributed by atoms with Crippen LogP contribution in [-0.4, -0.2) is 12.5 Å². The summed E-state index contributed by atoms with van der Waals surface area (Å²) in [5, 5.41) is 2.97. The maximum absolute atomic E-state index is 12.1. The van der Waals surface area contributed by atoms with E-state index in [0.717, 1.165) is 28.1 Å². The van der Waals surface area contributed by atoms with E-state index in [0.29, 0.717) is 13.0 Å². The van der Waals surface area contributed by atoms with E-state index in [9.17, 15) is 4.79 Å². The van der Waals surface area contributed by atoms with Crippen molar-refractivity contribution in [2.75, 3.05) is 11.9 Å². The minimum atomic E-state index is -0.00661. The summed E-state index contributed by atoms with van der Waals surface area (Å²) >= 11 is 0. The molecule has 0 spiro atoms. The van der Waals surface area contributed by atoms with Crippen molar-refractivity contribution >= 4 is 11.6 Å². The lowest BCUT2D eigenvalue weighted by Crippen LogP contribution is -2.15. The topological polar surface area (TPSA) is 38.3 Å². The molecule has 2 aromatic rings. The van der Waals surface area contributed by atoms with Crippen LogP contribution in [0.3, 0.4) is 0 Å². The Morgan fingerprint density at radius 3 is 2.48 bits per heavy atom. The Hall–Kier alpha value is -2.29. The predicted octanol–water partition coefficient (Wildman–Crippen LogP) is 3.88. The van der Waals surface area contributed by atoms with Crippen LogP contribution < -0.4 is 10.1 Å². The van der Waals surface area contributed by atoms with Crippen molar-refractivity contribution in [2.45, 2.75) is 27.2 Å². The van der Waals surface area contributed by atoms with Gasteiger partial charge in [-0.3, -0.25) is 4.79 Å². The molecule has 1 amide bonds. The maximum atomic E-state index is 12.1. The van der Waals surface area contributed by atoms with E-state index in [1.165, 1.54) is 0 Å². The third-order valence-corrected chi connectivity index (χ3v) is 3.27. The van der Waals surface area contributed by atoms with Gasteiger partial charge in [0.15, 0.2) is 0 Å². The number of benzene rings is 2. The molecule has 1 N–H and O–H groups in total. The lowest BCUT2D eigenvalue weighted by molar-refractivity contribution is -0.115. The molecule has 110 valence electrons. The van der Waals surface area contributed by atoms with Gasteiger partial charge in [0, 0.05) is 5.69 Å². The van der Waals surface area contributed by atoms with Gasteiger partial charge >= 0.3 is 0 Å². The highest BCUT2D eigenvalue weighted by Crippen LogP contribution is 2.17. The molecule has 0 fully saturated rings. The second-order valence-corrected chi connectivity index (χ2v) is 5.12. The van der Waals surface area contributed by atoms with Gasteiger partial charge in [0.05, 0.1) is 13.0 Å². The third-order valence-electron chi connectivity index (χ3n) is 3.27. The molecule has 0 aliphatic carbocycles. The highest BCUT2D eigenvalue weighted by Gasteiger charge is 2.06. The fraction of sp³-hybridized carbons (Fsp3) is 0.278. The summed E-state index contributed by atoms with van der Waals surface area (Å²) in [5.41, 5.74) is 4.06. The van der Waals surface area contributed by atoms with Gasteiger partial charge in [-0.25, -0.2) is 0 Å². The Morgan fingerprint density at radius 1 is 1.10 bits per heavy atom. The van der Waals surface area contributed by atoms with E-state index < -0.39 is 0 Å². The summed E-state index contributed by atoms with van der Waals surface area (Å²) in [4.78, 5) is 12.1. The Morgan fingerprint density at radius 2 is 1.81 bits per heavy atom. The largest absolute Gasteiger partial charge is 0.494 e. The molecule has 2 aromatic carbocycles. The fourth-order valence-corrected chi connectivity index (χ4v) is 2.12. The van der Waals surface area contributed by atoms with Crippen LogP contribution >= 0.6 is 0 Å². The SMILES string of the molecule is CCOc1ccc(CC(=O)Nc2cc(C)ccc2C)cc1. The number of rotatable bonds is 5. The Kier molecular flexibility index (Phi) is 4.99. The number of hydrogen-bond donors (Lipinski definition) is 1. The zero-order valence-corrected chi connectivity index (χ0v) is 12.8. The molecule has 0 aliphatic rings. The summed E-state index contributed by atoms with van der Waals surface area (Å²) in [6, 6.07) is 13.7. The Balaban J connectivity index is 1.99. The number of carbonyl (C=O) groups is 1. The number of nitrogens with one attached hydrogen (secondary N) is 1. The second-order valence-electron chi connectivity index (χ2n) is 5.12. The molecular weight excluding hydrogens is 262 g/mol. The van der Waals surface area contributed by atoms with Crippen molar-refractivity contribution < 1.29 is 9.53 Å². The van der Waals surface area contributed by atoms with Gasteiger partial charge in [-0.15, -0.1) is 0 Å². The average molecular weight is 283 g/mol. The van der Waals surface area contributed by atoms with Gasteiger partial charge in [-0.05, 0) is 55.7 Å². The highest BCUT2D eigenvalue weighted by molar-refractivity contribution is 5.93. The summed E-state index contributed by atoms with van der Waals surface area (Å²) in [6.07, 6.45) is 0.361. The molecule has 3 heteroatoms. The standard InChI is InChI=1S/C18H21NO2/c1-4-21-16-9-7-15(8-10-16)12-18(20)19-17-11-13(2)5-6-14(17)3/h5-11H,4,12H2,1-3H3,(H,19,20). The van der Waals surface area contributed by atoms with Crippen molar-refractivity contribution in [1.29, 1.82) is 0 Å². The zero-order chi connectivity index (χ0) is 15.2. The quantitative estimate of drug-likeness (QED) is 0.904. The van der Waals surface area contributed by atoms with Crippen LogP contribution in [0.2, 0.25) is 0 Å². The van der Waals surface area contributed by atoms with Crippen LogP contribution in [0.25, 0.3) is 0 Å². The molecule has 0 radical (unpaired) electrons. The summed E-state index contributed by atoms with van der Waals surface area (Å²) in [5.74, 6) is 0.823. The van der Waals surface area contributed by atoms with Gasteiger partial charge in [0.1, 0.15) is 5.75 Å². The molecule has 0 atom stereocenters. The molecule has 0 unspecified atom stereocenters. The van der Waals surface area contributed by atoms with Gasteiger partial charge < -0.3 is 10.1 Å². The third kappa shape index (κ3) is 4.35. The predicted molar refractivity (Wildman–Crippen MR) is 85.9 cm³/mol. The number of hydrogen-bond acceptors (Lipinski definition) is 2. The first-order chi connectivity index (χ1) is 10.1. The first-order valence-electron chi connectivity index (χ1n) is 7.17. The second kappa shape index (κ2) is 6.93. The van der Waals surface area contributed by atoms with Crippen LogP contribution in [0.5, 0.6) is 5.75 Å². The molecule has 0 heterocycles. The molecule has 0 aromatic heterocycles. The first-order valence-corrected chi connectivity index (χ1v) is 7.17. The lowest BCUT2D eigenvalue weighted by Gasteiger charge is -2.10. The monoisotopic (exact) mass is 283 g/mol. The normalized spacial score (nSPS) is 10.2. The van der Waals surface area contributed by atoms with Crippen molar-refractivity contribution in [3.63, 3.8) is 0 Å². The van der Waals surface area contributed by atoms with Crippen LogP contribution in [0.4, 0.5) is 5.69 Å². The molecule has 0 aliphatic heterocycles. The van der Waals surface area contributed by atoms with Crippen molar-refractivity contribution in [2.24, 2.45) is 0 Å². The van der Waals surface area contributed by atoms with Crippen LogP contribution in [0, 0.1) is 13.8 Å². The molecule has 3 nitrogen and oxygen atoms in total. The first kappa shape index (κ1) is 15.1. The smallest absolute Gasteiger partial charge is 0.228 e. The van der Waals surface area contributed by atoms with E-state index in [1.807, 2.05) is 63.2 Å². The molecule has 0 bridgehead atoms. The van der Waals surface area contributed by atoms with E-state index in [1.54, 1.807) is 0 Å². The highest BCUT2D eigenvalue weighted by atomic mass is 16.5. The number of aryl methyl sites for hydroxylation is 2. The van der Waals surface area contributed by atoms with E-state index in [4.69, 9.17) is 4.74 Å².